The molecule has 17 heavy (non-hydrogen) atoms. The number of thioether (sulfide) groups is 1. The molecule has 0 amide bonds. The first-order valence-corrected chi connectivity index (χ1v) is 8.01. The summed E-state index contributed by atoms with van der Waals surface area (Å²) in [6.45, 7) is 1.64. The minimum Gasteiger partial charge on any atom is -0.313 e. The van der Waals surface area contributed by atoms with Crippen LogP contribution in [-0.2, 0) is 6.54 Å². The smallest absolute Gasteiger partial charge is 0.0652 e. The predicted molar refractivity (Wildman–Crippen MR) is 80.8 cm³/mol. The fraction of sp³-hybridized carbons (Fsp3) is 0.500. The minimum atomic E-state index is 0.551. The Balaban J connectivity index is 2.39. The Kier molecular flexibility index (Phi) is 7.72. The average molecular weight is 313 g/mol. The molecule has 1 nitrogen and oxygen atoms in total. The van der Waals surface area contributed by atoms with Crippen molar-refractivity contribution in [3.63, 3.8) is 0 Å². The largest absolute Gasteiger partial charge is 0.313 e. The SMILES string of the molecule is CSCCCCNCc1c(Cl)ccc(Cl)c1Cl. The number of halogens is 3. The Labute approximate surface area is 122 Å². The summed E-state index contributed by atoms with van der Waals surface area (Å²) in [5.41, 5.74) is 0.880. The van der Waals surface area contributed by atoms with Crippen LogP contribution in [0.3, 0.4) is 0 Å². The second-order valence-electron chi connectivity index (χ2n) is 3.70. The van der Waals surface area contributed by atoms with Crippen molar-refractivity contribution in [2.45, 2.75) is 19.4 Å². The van der Waals surface area contributed by atoms with Crippen molar-refractivity contribution >= 4 is 46.6 Å². The molecule has 0 aliphatic rings. The van der Waals surface area contributed by atoms with E-state index in [-0.39, 0.29) is 0 Å². The summed E-state index contributed by atoms with van der Waals surface area (Å²) >= 11 is 20.0. The van der Waals surface area contributed by atoms with Crippen LogP contribution < -0.4 is 5.32 Å². The molecule has 0 fully saturated rings. The fourth-order valence-corrected chi connectivity index (χ4v) is 2.62. The third-order valence-electron chi connectivity index (χ3n) is 2.39. The van der Waals surface area contributed by atoms with Crippen molar-refractivity contribution in [1.29, 1.82) is 0 Å². The van der Waals surface area contributed by atoms with E-state index in [4.69, 9.17) is 34.8 Å². The summed E-state index contributed by atoms with van der Waals surface area (Å²) in [5.74, 6) is 1.21. The quantitative estimate of drug-likeness (QED) is 0.569. The van der Waals surface area contributed by atoms with Crippen molar-refractivity contribution in [2.24, 2.45) is 0 Å². The first kappa shape index (κ1) is 15.5. The van der Waals surface area contributed by atoms with Crippen LogP contribution in [-0.4, -0.2) is 18.6 Å². The molecule has 1 rings (SSSR count). The molecule has 1 N–H and O–H groups in total. The van der Waals surface area contributed by atoms with Gasteiger partial charge in [-0.1, -0.05) is 34.8 Å². The van der Waals surface area contributed by atoms with E-state index in [1.807, 2.05) is 11.8 Å². The molecular weight excluding hydrogens is 297 g/mol. The van der Waals surface area contributed by atoms with Crippen LogP contribution in [0.25, 0.3) is 0 Å². The predicted octanol–water partition coefficient (Wildman–Crippen LogP) is 4.88. The van der Waals surface area contributed by atoms with E-state index < -0.39 is 0 Å². The van der Waals surface area contributed by atoms with Gasteiger partial charge in [0.15, 0.2) is 0 Å². The van der Waals surface area contributed by atoms with E-state index in [2.05, 4.69) is 11.6 Å². The molecule has 0 bridgehead atoms. The van der Waals surface area contributed by atoms with Crippen molar-refractivity contribution in [3.05, 3.63) is 32.8 Å². The molecule has 0 aliphatic carbocycles. The van der Waals surface area contributed by atoms with Gasteiger partial charge in [-0.15, -0.1) is 0 Å². The van der Waals surface area contributed by atoms with Crippen LogP contribution >= 0.6 is 46.6 Å². The lowest BCUT2D eigenvalue weighted by molar-refractivity contribution is 0.644. The molecular formula is C12H16Cl3NS. The van der Waals surface area contributed by atoms with Gasteiger partial charge in [0.25, 0.3) is 0 Å². The van der Waals surface area contributed by atoms with Gasteiger partial charge >= 0.3 is 0 Å². The number of rotatable bonds is 7. The monoisotopic (exact) mass is 311 g/mol. The molecule has 5 heteroatoms. The number of hydrogen-bond acceptors (Lipinski definition) is 2. The van der Waals surface area contributed by atoms with Crippen LogP contribution in [0.5, 0.6) is 0 Å². The van der Waals surface area contributed by atoms with Crippen molar-refractivity contribution in [3.8, 4) is 0 Å². The molecule has 1 aromatic carbocycles. The standard InChI is InChI=1S/C12H16Cl3NS/c1-17-7-3-2-6-16-8-9-10(13)4-5-11(14)12(9)15/h4-5,16H,2-3,6-8H2,1H3. The highest BCUT2D eigenvalue weighted by molar-refractivity contribution is 7.98. The third-order valence-corrected chi connectivity index (χ3v) is 4.29. The first-order valence-electron chi connectivity index (χ1n) is 5.49. The van der Waals surface area contributed by atoms with Gasteiger partial charge in [0.1, 0.15) is 0 Å². The molecule has 0 aliphatic heterocycles. The van der Waals surface area contributed by atoms with E-state index in [1.165, 1.54) is 12.2 Å². The van der Waals surface area contributed by atoms with Crippen molar-refractivity contribution in [2.75, 3.05) is 18.6 Å². The van der Waals surface area contributed by atoms with Crippen LogP contribution in [0.1, 0.15) is 18.4 Å². The highest BCUT2D eigenvalue weighted by Gasteiger charge is 2.08. The first-order chi connectivity index (χ1) is 8.16. The number of unbranched alkanes of at least 4 members (excludes halogenated alkanes) is 1. The summed E-state index contributed by atoms with van der Waals surface area (Å²) in [4.78, 5) is 0. The van der Waals surface area contributed by atoms with Crippen molar-refractivity contribution < 1.29 is 0 Å². The highest BCUT2D eigenvalue weighted by Crippen LogP contribution is 2.31. The summed E-state index contributed by atoms with van der Waals surface area (Å²) in [7, 11) is 0. The number of hydrogen-bond donors (Lipinski definition) is 1. The summed E-state index contributed by atoms with van der Waals surface area (Å²) in [6.07, 6.45) is 4.51. The van der Waals surface area contributed by atoms with E-state index in [9.17, 15) is 0 Å². The van der Waals surface area contributed by atoms with Gasteiger partial charge in [-0.05, 0) is 43.5 Å². The van der Waals surface area contributed by atoms with E-state index in [0.29, 0.717) is 21.6 Å². The van der Waals surface area contributed by atoms with Crippen LogP contribution in [0.4, 0.5) is 0 Å². The number of nitrogens with one attached hydrogen (secondary N) is 1. The van der Waals surface area contributed by atoms with E-state index in [0.717, 1.165) is 18.5 Å². The lowest BCUT2D eigenvalue weighted by atomic mass is 10.2. The van der Waals surface area contributed by atoms with Gasteiger partial charge < -0.3 is 5.32 Å². The zero-order chi connectivity index (χ0) is 12.7. The van der Waals surface area contributed by atoms with Crippen LogP contribution in [0, 0.1) is 0 Å². The summed E-state index contributed by atoms with van der Waals surface area (Å²) < 4.78 is 0. The molecule has 0 unspecified atom stereocenters. The van der Waals surface area contributed by atoms with Gasteiger partial charge in [0, 0.05) is 17.1 Å². The van der Waals surface area contributed by atoms with Gasteiger partial charge in [-0.3, -0.25) is 0 Å². The maximum atomic E-state index is 6.10. The highest BCUT2D eigenvalue weighted by atomic mass is 35.5. The Morgan fingerprint density at radius 2 is 1.82 bits per heavy atom. The van der Waals surface area contributed by atoms with E-state index in [1.54, 1.807) is 12.1 Å². The molecule has 0 heterocycles. The minimum absolute atomic E-state index is 0.551. The molecule has 0 aromatic heterocycles. The third kappa shape index (κ3) is 5.27. The Bertz CT molecular complexity index is 358. The fourth-order valence-electron chi connectivity index (χ4n) is 1.44. The molecule has 0 saturated carbocycles. The van der Waals surface area contributed by atoms with Crippen LogP contribution in [0.2, 0.25) is 15.1 Å². The zero-order valence-corrected chi connectivity index (χ0v) is 12.8. The normalized spacial score (nSPS) is 10.8. The maximum Gasteiger partial charge on any atom is 0.0652 e. The van der Waals surface area contributed by atoms with Crippen LogP contribution in [0.15, 0.2) is 12.1 Å². The van der Waals surface area contributed by atoms with Crippen molar-refractivity contribution in [1.82, 2.24) is 5.32 Å². The van der Waals surface area contributed by atoms with E-state index >= 15 is 0 Å². The zero-order valence-electron chi connectivity index (χ0n) is 9.73. The molecule has 0 radical (unpaired) electrons. The molecule has 0 saturated heterocycles. The average Bonchev–Trinajstić information content (AvgIpc) is 2.32. The Morgan fingerprint density at radius 3 is 2.53 bits per heavy atom. The molecule has 96 valence electrons. The summed E-state index contributed by atoms with van der Waals surface area (Å²) in [5, 5.41) is 5.10. The lowest BCUT2D eigenvalue weighted by Gasteiger charge is -2.09. The Hall–Kier alpha value is 0.400. The van der Waals surface area contributed by atoms with Gasteiger partial charge in [-0.25, -0.2) is 0 Å². The molecule has 1 aromatic rings. The number of benzene rings is 1. The van der Waals surface area contributed by atoms with Gasteiger partial charge in [0.05, 0.1) is 10.0 Å². The summed E-state index contributed by atoms with van der Waals surface area (Å²) in [6, 6.07) is 3.49. The topological polar surface area (TPSA) is 12.0 Å². The molecule has 0 spiro atoms. The lowest BCUT2D eigenvalue weighted by Crippen LogP contribution is -2.15. The Morgan fingerprint density at radius 1 is 1.12 bits per heavy atom. The maximum absolute atomic E-state index is 6.10. The van der Waals surface area contributed by atoms with Gasteiger partial charge in [-0.2, -0.15) is 11.8 Å². The molecule has 0 atom stereocenters. The van der Waals surface area contributed by atoms with Gasteiger partial charge in [0.2, 0.25) is 0 Å². The second kappa shape index (κ2) is 8.49. The second-order valence-corrected chi connectivity index (χ2v) is 5.88.